The van der Waals surface area contributed by atoms with Crippen molar-refractivity contribution in [1.29, 1.82) is 0 Å². The Morgan fingerprint density at radius 2 is 2.07 bits per heavy atom. The summed E-state index contributed by atoms with van der Waals surface area (Å²) in [6.45, 7) is 2.88. The van der Waals surface area contributed by atoms with E-state index in [0.29, 0.717) is 0 Å². The maximum atomic E-state index is 10.0. The molecule has 2 atom stereocenters. The van der Waals surface area contributed by atoms with Crippen molar-refractivity contribution in [3.05, 3.63) is 35.9 Å². The van der Waals surface area contributed by atoms with Gasteiger partial charge in [-0.3, -0.25) is 0 Å². The van der Waals surface area contributed by atoms with Crippen molar-refractivity contribution in [2.45, 2.75) is 25.5 Å². The minimum absolute atomic E-state index is 0.313. The second kappa shape index (κ2) is 6.23. The predicted octanol–water partition coefficient (Wildman–Crippen LogP) is 1.72. The molecule has 0 aliphatic heterocycles. The molecule has 0 fully saturated rings. The van der Waals surface area contributed by atoms with E-state index < -0.39 is 6.10 Å². The SMILES string of the molecule is C#C[C@@H](NCCC)[C@H](O)c1ccccc1. The van der Waals surface area contributed by atoms with Crippen molar-refractivity contribution in [1.82, 2.24) is 5.32 Å². The van der Waals surface area contributed by atoms with Crippen LogP contribution >= 0.6 is 0 Å². The molecule has 15 heavy (non-hydrogen) atoms. The van der Waals surface area contributed by atoms with Gasteiger partial charge in [0.05, 0.1) is 6.04 Å². The standard InChI is InChI=1S/C13H17NO/c1-3-10-14-12(4-2)13(15)11-8-6-5-7-9-11/h2,5-9,12-15H,3,10H2,1H3/t12-,13-/m1/s1. The van der Waals surface area contributed by atoms with Gasteiger partial charge in [0, 0.05) is 0 Å². The number of rotatable bonds is 5. The van der Waals surface area contributed by atoms with Crippen LogP contribution in [-0.2, 0) is 0 Å². The molecule has 2 nitrogen and oxygen atoms in total. The number of hydrogen-bond acceptors (Lipinski definition) is 2. The summed E-state index contributed by atoms with van der Waals surface area (Å²) in [5.41, 5.74) is 0.851. The maximum absolute atomic E-state index is 10.0. The first kappa shape index (κ1) is 11.8. The Kier molecular flexibility index (Phi) is 4.89. The lowest BCUT2D eigenvalue weighted by Gasteiger charge is -2.19. The van der Waals surface area contributed by atoms with Gasteiger partial charge in [-0.15, -0.1) is 6.42 Å². The molecule has 0 aromatic heterocycles. The van der Waals surface area contributed by atoms with Crippen LogP contribution in [-0.4, -0.2) is 17.7 Å². The highest BCUT2D eigenvalue weighted by Gasteiger charge is 2.17. The summed E-state index contributed by atoms with van der Waals surface area (Å²) in [7, 11) is 0. The van der Waals surface area contributed by atoms with E-state index in [-0.39, 0.29) is 6.04 Å². The summed E-state index contributed by atoms with van der Waals surface area (Å²) in [4.78, 5) is 0. The van der Waals surface area contributed by atoms with Gasteiger partial charge in [0.15, 0.2) is 0 Å². The van der Waals surface area contributed by atoms with Gasteiger partial charge in [-0.25, -0.2) is 0 Å². The van der Waals surface area contributed by atoms with Crippen LogP contribution in [0.3, 0.4) is 0 Å². The third-order valence-electron chi connectivity index (χ3n) is 2.25. The van der Waals surface area contributed by atoms with Gasteiger partial charge in [-0.1, -0.05) is 43.2 Å². The smallest absolute Gasteiger partial charge is 0.106 e. The number of aliphatic hydroxyl groups is 1. The highest BCUT2D eigenvalue weighted by molar-refractivity contribution is 5.22. The van der Waals surface area contributed by atoms with Gasteiger partial charge in [0.25, 0.3) is 0 Å². The maximum Gasteiger partial charge on any atom is 0.106 e. The molecule has 2 N–H and O–H groups in total. The molecule has 2 heteroatoms. The molecule has 0 spiro atoms. The summed E-state index contributed by atoms with van der Waals surface area (Å²) in [5.74, 6) is 2.57. The molecule has 80 valence electrons. The second-order valence-corrected chi connectivity index (χ2v) is 3.45. The van der Waals surface area contributed by atoms with Crippen LogP contribution < -0.4 is 5.32 Å². The van der Waals surface area contributed by atoms with E-state index in [1.807, 2.05) is 30.3 Å². The van der Waals surface area contributed by atoms with E-state index in [0.717, 1.165) is 18.5 Å². The minimum atomic E-state index is -0.636. The van der Waals surface area contributed by atoms with E-state index in [1.54, 1.807) is 0 Å². The van der Waals surface area contributed by atoms with Gasteiger partial charge in [0.2, 0.25) is 0 Å². The molecule has 0 unspecified atom stereocenters. The molecule has 0 heterocycles. The predicted molar refractivity (Wildman–Crippen MR) is 62.3 cm³/mol. The Morgan fingerprint density at radius 3 is 2.60 bits per heavy atom. The number of aliphatic hydroxyl groups excluding tert-OH is 1. The fourth-order valence-electron chi connectivity index (χ4n) is 1.40. The van der Waals surface area contributed by atoms with E-state index >= 15 is 0 Å². The molecule has 0 saturated carbocycles. The molecule has 0 bridgehead atoms. The van der Waals surface area contributed by atoms with E-state index in [4.69, 9.17) is 6.42 Å². The van der Waals surface area contributed by atoms with Crippen molar-refractivity contribution >= 4 is 0 Å². The molecule has 1 aromatic carbocycles. The van der Waals surface area contributed by atoms with Crippen molar-refractivity contribution in [2.75, 3.05) is 6.54 Å². The largest absolute Gasteiger partial charge is 0.386 e. The van der Waals surface area contributed by atoms with Gasteiger partial charge in [-0.05, 0) is 18.5 Å². The average molecular weight is 203 g/mol. The lowest BCUT2D eigenvalue weighted by molar-refractivity contribution is 0.151. The highest BCUT2D eigenvalue weighted by atomic mass is 16.3. The summed E-state index contributed by atoms with van der Waals surface area (Å²) < 4.78 is 0. The van der Waals surface area contributed by atoms with Crippen molar-refractivity contribution in [3.8, 4) is 12.3 Å². The van der Waals surface area contributed by atoms with Gasteiger partial charge in [-0.2, -0.15) is 0 Å². The second-order valence-electron chi connectivity index (χ2n) is 3.45. The zero-order chi connectivity index (χ0) is 11.1. The fourth-order valence-corrected chi connectivity index (χ4v) is 1.40. The lowest BCUT2D eigenvalue weighted by Crippen LogP contribution is -2.34. The molecule has 0 saturated heterocycles. The normalized spacial score (nSPS) is 14.2. The molecule has 0 aliphatic rings. The van der Waals surface area contributed by atoms with Crippen LogP contribution in [0.15, 0.2) is 30.3 Å². The zero-order valence-corrected chi connectivity index (χ0v) is 8.98. The van der Waals surface area contributed by atoms with Crippen LogP contribution in [0.5, 0.6) is 0 Å². The third kappa shape index (κ3) is 3.39. The van der Waals surface area contributed by atoms with Crippen molar-refractivity contribution in [2.24, 2.45) is 0 Å². The number of benzene rings is 1. The Morgan fingerprint density at radius 1 is 1.40 bits per heavy atom. The minimum Gasteiger partial charge on any atom is -0.386 e. The van der Waals surface area contributed by atoms with E-state index in [9.17, 15) is 5.11 Å². The lowest BCUT2D eigenvalue weighted by atomic mass is 10.0. The first-order valence-electron chi connectivity index (χ1n) is 5.22. The van der Waals surface area contributed by atoms with Crippen LogP contribution in [0.2, 0.25) is 0 Å². The monoisotopic (exact) mass is 203 g/mol. The quantitative estimate of drug-likeness (QED) is 0.714. The summed E-state index contributed by atoms with van der Waals surface area (Å²) in [5, 5.41) is 13.1. The summed E-state index contributed by atoms with van der Waals surface area (Å²) in [6.07, 6.45) is 5.74. The molecule has 0 amide bonds. The summed E-state index contributed by atoms with van der Waals surface area (Å²) >= 11 is 0. The Hall–Kier alpha value is -1.30. The van der Waals surface area contributed by atoms with E-state index in [1.165, 1.54) is 0 Å². The van der Waals surface area contributed by atoms with Crippen molar-refractivity contribution < 1.29 is 5.11 Å². The molecule has 1 rings (SSSR count). The molecule has 0 aliphatic carbocycles. The Balaban J connectivity index is 2.66. The first-order valence-corrected chi connectivity index (χ1v) is 5.22. The van der Waals surface area contributed by atoms with Crippen LogP contribution in [0.1, 0.15) is 25.0 Å². The van der Waals surface area contributed by atoms with Gasteiger partial charge in [0.1, 0.15) is 6.10 Å². The Labute approximate surface area is 91.3 Å². The molecule has 0 radical (unpaired) electrons. The van der Waals surface area contributed by atoms with Crippen LogP contribution in [0, 0.1) is 12.3 Å². The molecule has 1 aromatic rings. The highest BCUT2D eigenvalue weighted by Crippen LogP contribution is 2.15. The number of hydrogen-bond donors (Lipinski definition) is 2. The average Bonchev–Trinajstić information content (AvgIpc) is 2.31. The molecular weight excluding hydrogens is 186 g/mol. The van der Waals surface area contributed by atoms with E-state index in [2.05, 4.69) is 18.2 Å². The topological polar surface area (TPSA) is 32.3 Å². The number of nitrogens with one attached hydrogen (secondary N) is 1. The van der Waals surface area contributed by atoms with Crippen LogP contribution in [0.4, 0.5) is 0 Å². The fraction of sp³-hybridized carbons (Fsp3) is 0.385. The first-order chi connectivity index (χ1) is 7.29. The van der Waals surface area contributed by atoms with Crippen LogP contribution in [0.25, 0.3) is 0 Å². The van der Waals surface area contributed by atoms with Crippen molar-refractivity contribution in [3.63, 3.8) is 0 Å². The molecular formula is C13H17NO. The number of terminal acetylenes is 1. The summed E-state index contributed by atoms with van der Waals surface area (Å²) in [6, 6.07) is 9.15. The van der Waals surface area contributed by atoms with Gasteiger partial charge >= 0.3 is 0 Å². The Bertz CT molecular complexity index is 315. The van der Waals surface area contributed by atoms with Gasteiger partial charge < -0.3 is 10.4 Å². The zero-order valence-electron chi connectivity index (χ0n) is 8.98. The third-order valence-corrected chi connectivity index (χ3v) is 2.25.